The molecule has 0 aromatic carbocycles. The standard InChI is InChI=1S/C14H24FNO3/c1-6-8-16(13(17)19-14(3,4)5)12-11(15)9-10(7-2)18-12/h6,10-12H,1,7-9H2,2-5H3. The molecule has 0 spiro atoms. The lowest BCUT2D eigenvalue weighted by molar-refractivity contribution is -0.0751. The van der Waals surface area contributed by atoms with Crippen molar-refractivity contribution in [2.75, 3.05) is 6.54 Å². The first-order chi connectivity index (χ1) is 8.78. The molecular weight excluding hydrogens is 249 g/mol. The highest BCUT2D eigenvalue weighted by molar-refractivity contribution is 5.68. The Morgan fingerprint density at radius 1 is 1.58 bits per heavy atom. The van der Waals surface area contributed by atoms with Crippen LogP contribution in [0.3, 0.4) is 0 Å². The maximum Gasteiger partial charge on any atom is 0.412 e. The van der Waals surface area contributed by atoms with Crippen LogP contribution in [0.25, 0.3) is 0 Å². The summed E-state index contributed by atoms with van der Waals surface area (Å²) in [6.07, 6.45) is -0.189. The van der Waals surface area contributed by atoms with Crippen molar-refractivity contribution in [3.05, 3.63) is 12.7 Å². The van der Waals surface area contributed by atoms with E-state index >= 15 is 0 Å². The maximum atomic E-state index is 14.0. The Morgan fingerprint density at radius 2 is 2.21 bits per heavy atom. The predicted molar refractivity (Wildman–Crippen MR) is 71.6 cm³/mol. The zero-order valence-corrected chi connectivity index (χ0v) is 12.2. The van der Waals surface area contributed by atoms with Gasteiger partial charge in [0.15, 0.2) is 6.23 Å². The molecule has 1 amide bonds. The normalized spacial score (nSPS) is 27.1. The first-order valence-electron chi connectivity index (χ1n) is 6.68. The van der Waals surface area contributed by atoms with E-state index in [1.54, 1.807) is 26.8 Å². The van der Waals surface area contributed by atoms with Crippen molar-refractivity contribution in [1.29, 1.82) is 0 Å². The Hall–Kier alpha value is -1.10. The van der Waals surface area contributed by atoms with Crippen LogP contribution in [-0.2, 0) is 9.47 Å². The van der Waals surface area contributed by atoms with E-state index in [1.807, 2.05) is 6.92 Å². The van der Waals surface area contributed by atoms with E-state index in [9.17, 15) is 9.18 Å². The minimum absolute atomic E-state index is 0.144. The van der Waals surface area contributed by atoms with Gasteiger partial charge in [-0.15, -0.1) is 6.58 Å². The quantitative estimate of drug-likeness (QED) is 0.738. The van der Waals surface area contributed by atoms with Gasteiger partial charge in [-0.1, -0.05) is 13.0 Å². The Morgan fingerprint density at radius 3 is 2.63 bits per heavy atom. The number of carbonyl (C=O) groups excluding carboxylic acids is 1. The molecular formula is C14H24FNO3. The summed E-state index contributed by atoms with van der Waals surface area (Å²) >= 11 is 0. The lowest BCUT2D eigenvalue weighted by Gasteiger charge is -2.31. The number of carbonyl (C=O) groups is 1. The number of ether oxygens (including phenoxy) is 2. The SMILES string of the molecule is C=CCN(C(=O)OC(C)(C)C)C1OC(CC)CC1F. The van der Waals surface area contributed by atoms with Gasteiger partial charge in [-0.05, 0) is 27.2 Å². The van der Waals surface area contributed by atoms with Gasteiger partial charge in [0.25, 0.3) is 0 Å². The largest absolute Gasteiger partial charge is 0.444 e. The second kappa shape index (κ2) is 6.37. The van der Waals surface area contributed by atoms with E-state index in [0.717, 1.165) is 6.42 Å². The third-order valence-corrected chi connectivity index (χ3v) is 2.85. The van der Waals surface area contributed by atoms with Gasteiger partial charge in [0.1, 0.15) is 11.8 Å². The Kier molecular flexibility index (Phi) is 5.35. The minimum Gasteiger partial charge on any atom is -0.444 e. The molecule has 110 valence electrons. The molecule has 19 heavy (non-hydrogen) atoms. The van der Waals surface area contributed by atoms with Crippen molar-refractivity contribution in [2.45, 2.75) is 64.6 Å². The van der Waals surface area contributed by atoms with E-state index in [0.29, 0.717) is 6.42 Å². The smallest absolute Gasteiger partial charge is 0.412 e. The average molecular weight is 273 g/mol. The number of halogens is 1. The average Bonchev–Trinajstić information content (AvgIpc) is 2.65. The lowest BCUT2D eigenvalue weighted by Crippen LogP contribution is -2.46. The highest BCUT2D eigenvalue weighted by Crippen LogP contribution is 2.28. The first kappa shape index (κ1) is 16.0. The number of amides is 1. The molecule has 1 fully saturated rings. The van der Waals surface area contributed by atoms with Crippen molar-refractivity contribution < 1.29 is 18.7 Å². The van der Waals surface area contributed by atoms with Gasteiger partial charge in [0.05, 0.1) is 6.10 Å². The summed E-state index contributed by atoms with van der Waals surface area (Å²) in [6.45, 7) is 11.0. The van der Waals surface area contributed by atoms with Crippen molar-refractivity contribution in [3.63, 3.8) is 0 Å². The van der Waals surface area contributed by atoms with Gasteiger partial charge in [-0.3, -0.25) is 4.90 Å². The third-order valence-electron chi connectivity index (χ3n) is 2.85. The highest BCUT2D eigenvalue weighted by atomic mass is 19.1. The molecule has 1 saturated heterocycles. The van der Waals surface area contributed by atoms with Crippen molar-refractivity contribution >= 4 is 6.09 Å². The summed E-state index contributed by atoms with van der Waals surface area (Å²) in [7, 11) is 0. The second-order valence-electron chi connectivity index (χ2n) is 5.73. The van der Waals surface area contributed by atoms with E-state index in [2.05, 4.69) is 6.58 Å². The summed E-state index contributed by atoms with van der Waals surface area (Å²) in [4.78, 5) is 13.3. The summed E-state index contributed by atoms with van der Waals surface area (Å²) in [5.74, 6) is 0. The van der Waals surface area contributed by atoms with Gasteiger partial charge in [-0.2, -0.15) is 0 Å². The Labute approximate surface area is 114 Å². The topological polar surface area (TPSA) is 38.8 Å². The summed E-state index contributed by atoms with van der Waals surface area (Å²) in [5.41, 5.74) is -0.620. The Balaban J connectivity index is 2.77. The van der Waals surface area contributed by atoms with Crippen LogP contribution in [0.5, 0.6) is 0 Å². The van der Waals surface area contributed by atoms with Crippen LogP contribution >= 0.6 is 0 Å². The summed E-state index contributed by atoms with van der Waals surface area (Å²) < 4.78 is 24.8. The molecule has 0 N–H and O–H groups in total. The third kappa shape index (κ3) is 4.49. The molecule has 4 nitrogen and oxygen atoms in total. The van der Waals surface area contributed by atoms with Crippen LogP contribution in [0.2, 0.25) is 0 Å². The number of hydrogen-bond acceptors (Lipinski definition) is 3. The molecule has 3 unspecified atom stereocenters. The number of alkyl halides is 1. The van der Waals surface area contributed by atoms with Crippen LogP contribution in [0.15, 0.2) is 12.7 Å². The molecule has 0 aromatic heterocycles. The molecule has 5 heteroatoms. The lowest BCUT2D eigenvalue weighted by atomic mass is 10.1. The van der Waals surface area contributed by atoms with E-state index in [-0.39, 0.29) is 12.6 Å². The molecule has 0 radical (unpaired) electrons. The summed E-state index contributed by atoms with van der Waals surface area (Å²) in [5, 5.41) is 0. The summed E-state index contributed by atoms with van der Waals surface area (Å²) in [6, 6.07) is 0. The monoisotopic (exact) mass is 273 g/mol. The second-order valence-corrected chi connectivity index (χ2v) is 5.73. The van der Waals surface area contributed by atoms with Crippen LogP contribution in [-0.4, -0.2) is 41.6 Å². The van der Waals surface area contributed by atoms with Crippen LogP contribution < -0.4 is 0 Å². The van der Waals surface area contributed by atoms with Gasteiger partial charge in [0, 0.05) is 13.0 Å². The number of nitrogens with zero attached hydrogens (tertiary/aromatic N) is 1. The van der Waals surface area contributed by atoms with Crippen LogP contribution in [0.1, 0.15) is 40.5 Å². The molecule has 1 heterocycles. The zero-order chi connectivity index (χ0) is 14.6. The highest BCUT2D eigenvalue weighted by Gasteiger charge is 2.41. The van der Waals surface area contributed by atoms with Crippen LogP contribution in [0, 0.1) is 0 Å². The molecule has 1 aliphatic rings. The van der Waals surface area contributed by atoms with E-state index in [4.69, 9.17) is 9.47 Å². The van der Waals surface area contributed by atoms with Crippen LogP contribution in [0.4, 0.5) is 9.18 Å². The fourth-order valence-corrected chi connectivity index (χ4v) is 1.98. The van der Waals surface area contributed by atoms with E-state index in [1.165, 1.54) is 4.90 Å². The maximum absolute atomic E-state index is 14.0. The van der Waals surface area contributed by atoms with E-state index < -0.39 is 24.1 Å². The number of hydrogen-bond donors (Lipinski definition) is 0. The molecule has 0 aliphatic carbocycles. The van der Waals surface area contributed by atoms with Gasteiger partial charge in [-0.25, -0.2) is 9.18 Å². The van der Waals surface area contributed by atoms with Gasteiger partial charge < -0.3 is 9.47 Å². The Bertz CT molecular complexity index is 327. The molecule has 0 saturated carbocycles. The predicted octanol–water partition coefficient (Wildman–Crippen LogP) is 3.27. The number of rotatable bonds is 4. The fraction of sp³-hybridized carbons (Fsp3) is 0.786. The first-order valence-corrected chi connectivity index (χ1v) is 6.68. The van der Waals surface area contributed by atoms with Crippen molar-refractivity contribution in [3.8, 4) is 0 Å². The molecule has 0 bridgehead atoms. The zero-order valence-electron chi connectivity index (χ0n) is 12.2. The fourth-order valence-electron chi connectivity index (χ4n) is 1.98. The van der Waals surface area contributed by atoms with Crippen molar-refractivity contribution in [2.24, 2.45) is 0 Å². The van der Waals surface area contributed by atoms with Gasteiger partial charge >= 0.3 is 6.09 Å². The van der Waals surface area contributed by atoms with Gasteiger partial charge in [0.2, 0.25) is 0 Å². The molecule has 1 aliphatic heterocycles. The molecule has 1 rings (SSSR count). The minimum atomic E-state index is -1.18. The molecule has 0 aromatic rings. The van der Waals surface area contributed by atoms with Crippen molar-refractivity contribution in [1.82, 2.24) is 4.90 Å². The molecule has 3 atom stereocenters.